The average Bonchev–Trinajstić information content (AvgIpc) is 2.46. The van der Waals surface area contributed by atoms with Crippen molar-refractivity contribution in [3.8, 4) is 0 Å². The van der Waals surface area contributed by atoms with Crippen LogP contribution < -0.4 is 10.6 Å². The molecule has 1 heterocycles. The van der Waals surface area contributed by atoms with E-state index in [1.807, 2.05) is 0 Å². The van der Waals surface area contributed by atoms with Gasteiger partial charge in [0.2, 0.25) is 0 Å². The summed E-state index contributed by atoms with van der Waals surface area (Å²) >= 11 is 0. The quantitative estimate of drug-likeness (QED) is 0.783. The molecular weight excluding hydrogens is 277 g/mol. The molecule has 2 atom stereocenters. The maximum absolute atomic E-state index is 13.0. The maximum Gasteiger partial charge on any atom is 0.418 e. The zero-order valence-corrected chi connectivity index (χ0v) is 12.0. The van der Waals surface area contributed by atoms with Gasteiger partial charge in [0.1, 0.15) is 0 Å². The summed E-state index contributed by atoms with van der Waals surface area (Å²) in [4.78, 5) is 2.10. The van der Waals surface area contributed by atoms with E-state index in [2.05, 4.69) is 4.90 Å². The van der Waals surface area contributed by atoms with Crippen LogP contribution in [0.5, 0.6) is 0 Å². The number of nitrogens with zero attached hydrogens (tertiary/aromatic N) is 1. The second kappa shape index (κ2) is 5.43. The van der Waals surface area contributed by atoms with Crippen LogP contribution in [0, 0.1) is 11.8 Å². The Hall–Kier alpha value is -1.39. The predicted octanol–water partition coefficient (Wildman–Crippen LogP) is 4.30. The molecule has 2 N–H and O–H groups in total. The van der Waals surface area contributed by atoms with E-state index in [0.29, 0.717) is 11.6 Å². The van der Waals surface area contributed by atoms with Crippen LogP contribution in [0.3, 0.4) is 0 Å². The number of fused-ring (bicyclic) bond motifs is 1. The first kappa shape index (κ1) is 14.5. The van der Waals surface area contributed by atoms with E-state index in [-0.39, 0.29) is 5.69 Å². The van der Waals surface area contributed by atoms with Crippen molar-refractivity contribution in [1.29, 1.82) is 0 Å². The van der Waals surface area contributed by atoms with Gasteiger partial charge in [0, 0.05) is 24.5 Å². The number of nitrogen functional groups attached to an aromatic ring is 1. The van der Waals surface area contributed by atoms with Crippen molar-refractivity contribution in [1.82, 2.24) is 0 Å². The first-order valence-corrected chi connectivity index (χ1v) is 7.67. The number of rotatable bonds is 1. The van der Waals surface area contributed by atoms with E-state index < -0.39 is 11.7 Å². The van der Waals surface area contributed by atoms with E-state index in [4.69, 9.17) is 5.73 Å². The van der Waals surface area contributed by atoms with E-state index in [1.165, 1.54) is 37.8 Å². The third kappa shape index (κ3) is 2.97. The van der Waals surface area contributed by atoms with Crippen LogP contribution in [-0.2, 0) is 6.18 Å². The molecule has 21 heavy (non-hydrogen) atoms. The normalized spacial score (nSPS) is 26.5. The van der Waals surface area contributed by atoms with Crippen LogP contribution in [0.4, 0.5) is 24.5 Å². The SMILES string of the molecule is Nc1ccc(N2CCC3CCCCC3C2)cc1C(F)(F)F. The average molecular weight is 298 g/mol. The molecule has 0 amide bonds. The van der Waals surface area contributed by atoms with Crippen molar-refractivity contribution in [2.24, 2.45) is 11.8 Å². The summed E-state index contributed by atoms with van der Waals surface area (Å²) in [6.45, 7) is 1.73. The second-order valence-electron chi connectivity index (χ2n) is 6.31. The van der Waals surface area contributed by atoms with E-state index in [9.17, 15) is 13.2 Å². The van der Waals surface area contributed by atoms with E-state index in [1.54, 1.807) is 6.07 Å². The van der Waals surface area contributed by atoms with Gasteiger partial charge in [-0.25, -0.2) is 0 Å². The van der Waals surface area contributed by atoms with Crippen molar-refractivity contribution >= 4 is 11.4 Å². The second-order valence-corrected chi connectivity index (χ2v) is 6.31. The minimum atomic E-state index is -4.39. The van der Waals surface area contributed by atoms with Gasteiger partial charge >= 0.3 is 6.18 Å². The summed E-state index contributed by atoms with van der Waals surface area (Å²) < 4.78 is 38.9. The Morgan fingerprint density at radius 1 is 1.05 bits per heavy atom. The molecule has 116 valence electrons. The first-order valence-electron chi connectivity index (χ1n) is 7.67. The number of halogens is 3. The lowest BCUT2D eigenvalue weighted by atomic mass is 9.75. The van der Waals surface area contributed by atoms with Crippen molar-refractivity contribution in [2.75, 3.05) is 23.7 Å². The highest BCUT2D eigenvalue weighted by Gasteiger charge is 2.35. The van der Waals surface area contributed by atoms with Crippen LogP contribution in [0.2, 0.25) is 0 Å². The van der Waals surface area contributed by atoms with E-state index >= 15 is 0 Å². The molecule has 3 rings (SSSR count). The Morgan fingerprint density at radius 2 is 1.76 bits per heavy atom. The van der Waals surface area contributed by atoms with Gasteiger partial charge < -0.3 is 10.6 Å². The van der Waals surface area contributed by atoms with Crippen molar-refractivity contribution in [3.63, 3.8) is 0 Å². The monoisotopic (exact) mass is 298 g/mol. The lowest BCUT2D eigenvalue weighted by molar-refractivity contribution is -0.136. The van der Waals surface area contributed by atoms with Crippen molar-refractivity contribution in [2.45, 2.75) is 38.3 Å². The van der Waals surface area contributed by atoms with Gasteiger partial charge in [0.25, 0.3) is 0 Å². The summed E-state index contributed by atoms with van der Waals surface area (Å²) in [7, 11) is 0. The van der Waals surface area contributed by atoms with Crippen molar-refractivity contribution in [3.05, 3.63) is 23.8 Å². The predicted molar refractivity (Wildman–Crippen MR) is 78.1 cm³/mol. The van der Waals surface area contributed by atoms with Gasteiger partial charge in [-0.3, -0.25) is 0 Å². The Balaban J connectivity index is 1.81. The highest BCUT2D eigenvalue weighted by molar-refractivity contribution is 5.59. The fourth-order valence-corrected chi connectivity index (χ4v) is 3.82. The number of anilines is 2. The number of nitrogens with two attached hydrogens (primary N) is 1. The summed E-state index contributed by atoms with van der Waals surface area (Å²) in [6, 6.07) is 4.30. The summed E-state index contributed by atoms with van der Waals surface area (Å²) in [5, 5.41) is 0. The number of alkyl halides is 3. The minimum Gasteiger partial charge on any atom is -0.398 e. The molecule has 1 saturated heterocycles. The molecule has 1 aromatic rings. The molecule has 2 unspecified atom stereocenters. The lowest BCUT2D eigenvalue weighted by Gasteiger charge is -2.42. The third-order valence-electron chi connectivity index (χ3n) is 5.00. The Morgan fingerprint density at radius 3 is 2.48 bits per heavy atom. The van der Waals surface area contributed by atoms with Crippen LogP contribution in [0.25, 0.3) is 0 Å². The molecule has 2 aliphatic rings. The standard InChI is InChI=1S/C16H21F3N2/c17-16(18,19)14-9-13(5-6-15(14)20)21-8-7-11-3-1-2-4-12(11)10-21/h5-6,9,11-12H,1-4,7-8,10,20H2. The summed E-state index contributed by atoms with van der Waals surface area (Å²) in [6.07, 6.45) is 1.77. The molecule has 0 aromatic heterocycles. The molecule has 0 radical (unpaired) electrons. The highest BCUT2D eigenvalue weighted by atomic mass is 19.4. The molecule has 1 saturated carbocycles. The highest BCUT2D eigenvalue weighted by Crippen LogP contribution is 2.40. The Kier molecular flexibility index (Phi) is 3.76. The van der Waals surface area contributed by atoms with Crippen LogP contribution in [-0.4, -0.2) is 13.1 Å². The van der Waals surface area contributed by atoms with Crippen LogP contribution >= 0.6 is 0 Å². The zero-order chi connectivity index (χ0) is 15.0. The van der Waals surface area contributed by atoms with Gasteiger partial charge in [-0.2, -0.15) is 13.2 Å². The topological polar surface area (TPSA) is 29.3 Å². The Labute approximate surface area is 123 Å². The Bertz CT molecular complexity index is 513. The molecule has 1 aliphatic carbocycles. The largest absolute Gasteiger partial charge is 0.418 e. The first-order chi connectivity index (χ1) is 9.95. The summed E-state index contributed by atoms with van der Waals surface area (Å²) in [5.74, 6) is 1.41. The fraction of sp³-hybridized carbons (Fsp3) is 0.625. The number of benzene rings is 1. The lowest BCUT2D eigenvalue weighted by Crippen LogP contribution is -2.41. The molecule has 1 aromatic carbocycles. The smallest absolute Gasteiger partial charge is 0.398 e. The van der Waals surface area contributed by atoms with Gasteiger partial charge in [-0.05, 0) is 42.9 Å². The van der Waals surface area contributed by atoms with Gasteiger partial charge in [-0.15, -0.1) is 0 Å². The minimum absolute atomic E-state index is 0.196. The molecular formula is C16H21F3N2. The number of hydrogen-bond donors (Lipinski definition) is 1. The molecule has 1 aliphatic heterocycles. The van der Waals surface area contributed by atoms with Crippen LogP contribution in [0.1, 0.15) is 37.7 Å². The van der Waals surface area contributed by atoms with Gasteiger partial charge in [0.15, 0.2) is 0 Å². The molecule has 2 fully saturated rings. The van der Waals surface area contributed by atoms with Crippen LogP contribution in [0.15, 0.2) is 18.2 Å². The number of hydrogen-bond acceptors (Lipinski definition) is 2. The van der Waals surface area contributed by atoms with Gasteiger partial charge in [-0.1, -0.05) is 19.3 Å². The maximum atomic E-state index is 13.0. The zero-order valence-electron chi connectivity index (χ0n) is 12.0. The third-order valence-corrected chi connectivity index (χ3v) is 5.00. The molecule has 0 bridgehead atoms. The molecule has 2 nitrogen and oxygen atoms in total. The number of piperidine rings is 1. The van der Waals surface area contributed by atoms with Crippen molar-refractivity contribution < 1.29 is 13.2 Å². The summed E-state index contributed by atoms with van der Waals surface area (Å²) in [5.41, 5.74) is 5.21. The molecule has 5 heteroatoms. The fourth-order valence-electron chi connectivity index (χ4n) is 3.82. The van der Waals surface area contributed by atoms with E-state index in [0.717, 1.165) is 25.4 Å². The molecule has 0 spiro atoms. The van der Waals surface area contributed by atoms with Gasteiger partial charge in [0.05, 0.1) is 5.56 Å².